The summed E-state index contributed by atoms with van der Waals surface area (Å²) in [5.74, 6) is -1.50. The van der Waals surface area contributed by atoms with Gasteiger partial charge in [0, 0.05) is 116 Å². The molecule has 0 atom stereocenters. The third-order valence-corrected chi connectivity index (χ3v) is 17.5. The number of nitrogens with zero attached hydrogens (tertiary/aromatic N) is 8. The summed E-state index contributed by atoms with van der Waals surface area (Å²) < 4.78 is 15.8. The van der Waals surface area contributed by atoms with Gasteiger partial charge in [-0.05, 0) is 129 Å². The van der Waals surface area contributed by atoms with Crippen LogP contribution in [0.2, 0.25) is 0 Å². The molecule has 0 bridgehead atoms. The molecule has 0 aliphatic carbocycles. The Morgan fingerprint density at radius 2 is 0.910 bits per heavy atom. The fourth-order valence-corrected chi connectivity index (χ4v) is 12.2. The number of aromatic nitrogens is 8. The lowest BCUT2D eigenvalue weighted by Crippen LogP contribution is -2.30. The Hall–Kier alpha value is -10.4. The van der Waals surface area contributed by atoms with Crippen LogP contribution in [0.25, 0.3) is 33.2 Å². The maximum atomic E-state index is 13.4. The monoisotopic (exact) mass is 1410 g/mol. The van der Waals surface area contributed by atoms with Crippen molar-refractivity contribution in [3.05, 3.63) is 218 Å². The molecular formula is C74H80BBrN14O10. The van der Waals surface area contributed by atoms with Crippen molar-refractivity contribution in [2.75, 3.05) is 37.1 Å². The van der Waals surface area contributed by atoms with Gasteiger partial charge in [0.15, 0.2) is 11.3 Å². The Balaban J connectivity index is 0.000000189. The molecule has 24 nitrogen and oxygen atoms in total. The lowest BCUT2D eigenvalue weighted by Gasteiger charge is -2.26. The van der Waals surface area contributed by atoms with Crippen LogP contribution in [0.15, 0.2) is 150 Å². The standard InChI is InChI=1S/C37H39N7O4.C30H34BrN7O3.C7H7BO3/c1-3-31-29(34(41-28-14-16-48-17-15-28)30-22-40-44(4-2)35(30)43-31)21-39-37(47)33-13-7-12-32(42-33)36(46)38-20-24-8-5-10-26(18-24)27-11-6-9-25(19-27)23-45;1-3-24-22(27(35-21-11-13-41-14-12-21)23-18-34-38(4-2)28(23)37-24)17-33-30(40)26-10-6-9-25(36-26)29(39)32-16-19-7-5-8-20(31)15-19;9-5-6-2-1-3-7(4-6)8(10)11/h5-13,18-19,22-23,28H,3-4,14-17,20-21H2,1-2H3,(H,38,46)(H,39,47)(H,41,43);5-10,15,18,21H,3-4,11-14,16-17H2,1-2H3,(H,32,39)(H,33,40)(H,35,37);1-5,10-11H. The van der Waals surface area contributed by atoms with E-state index >= 15 is 0 Å². The molecule has 0 spiro atoms. The normalized spacial score (nSPS) is 13.0. The zero-order valence-electron chi connectivity index (χ0n) is 56.2. The third-order valence-electron chi connectivity index (χ3n) is 17.1. The maximum Gasteiger partial charge on any atom is 0.488 e. The molecular weight excluding hydrogens is 1340 g/mol. The number of amides is 4. The van der Waals surface area contributed by atoms with E-state index < -0.39 is 18.9 Å². The zero-order chi connectivity index (χ0) is 70.5. The molecule has 6 aromatic heterocycles. The summed E-state index contributed by atoms with van der Waals surface area (Å²) >= 11 is 3.44. The van der Waals surface area contributed by atoms with Crippen LogP contribution in [0.5, 0.6) is 0 Å². The predicted molar refractivity (Wildman–Crippen MR) is 386 cm³/mol. The van der Waals surface area contributed by atoms with Crippen LogP contribution in [0.1, 0.15) is 150 Å². The molecule has 0 unspecified atom stereocenters. The number of aldehydes is 2. The Morgan fingerprint density at radius 3 is 1.34 bits per heavy atom. The van der Waals surface area contributed by atoms with E-state index in [2.05, 4.69) is 81.8 Å². The number of carbonyl (C=O) groups excluding carboxylic acids is 6. The summed E-state index contributed by atoms with van der Waals surface area (Å²) in [6.07, 6.45) is 10.1. The van der Waals surface area contributed by atoms with Gasteiger partial charge < -0.3 is 51.4 Å². The van der Waals surface area contributed by atoms with Crippen molar-refractivity contribution in [1.82, 2.24) is 60.8 Å². The number of nitrogens with one attached hydrogen (secondary N) is 6. The highest BCUT2D eigenvalue weighted by Crippen LogP contribution is 2.33. The van der Waals surface area contributed by atoms with E-state index in [-0.39, 0.29) is 66.3 Å². The fourth-order valence-electron chi connectivity index (χ4n) is 11.7. The third kappa shape index (κ3) is 18.7. The first-order chi connectivity index (χ1) is 48.7. The molecule has 0 saturated carbocycles. The van der Waals surface area contributed by atoms with Crippen molar-refractivity contribution in [3.8, 4) is 11.1 Å². The van der Waals surface area contributed by atoms with Gasteiger partial charge in [-0.3, -0.25) is 28.8 Å². The molecule has 8 N–H and O–H groups in total. The van der Waals surface area contributed by atoms with Crippen LogP contribution in [-0.2, 0) is 61.6 Å². The first-order valence-electron chi connectivity index (χ1n) is 33.5. The zero-order valence-corrected chi connectivity index (χ0v) is 57.8. The molecule has 2 aliphatic heterocycles. The summed E-state index contributed by atoms with van der Waals surface area (Å²) in [6.45, 7) is 13.5. The Kier molecular flexibility index (Phi) is 25.6. The number of carbonyl (C=O) groups is 6. The molecule has 12 rings (SSSR count). The molecule has 4 amide bonds. The minimum absolute atomic E-state index is 0.142. The average molecular weight is 1420 g/mol. The lowest BCUT2D eigenvalue weighted by atomic mass is 9.80. The highest BCUT2D eigenvalue weighted by atomic mass is 79.9. The number of ether oxygens (including phenoxy) is 2. The molecule has 0 radical (unpaired) electrons. The molecule has 2 fully saturated rings. The largest absolute Gasteiger partial charge is 0.488 e. The number of anilines is 2. The Morgan fingerprint density at radius 1 is 0.510 bits per heavy atom. The van der Waals surface area contributed by atoms with Crippen LogP contribution in [0, 0.1) is 0 Å². The molecule has 26 heteroatoms. The lowest BCUT2D eigenvalue weighted by molar-refractivity contribution is 0.0903. The number of fused-ring (bicyclic) bond motifs is 2. The topological polar surface area (TPSA) is 321 Å². The maximum absolute atomic E-state index is 13.4. The van der Waals surface area contributed by atoms with E-state index in [0.29, 0.717) is 81.8 Å². The second-order valence-electron chi connectivity index (χ2n) is 23.8. The number of hydrogen-bond donors (Lipinski definition) is 8. The van der Waals surface area contributed by atoms with Crippen molar-refractivity contribution in [2.24, 2.45) is 0 Å². The van der Waals surface area contributed by atoms with E-state index in [1.807, 2.05) is 102 Å². The van der Waals surface area contributed by atoms with Gasteiger partial charge in [-0.2, -0.15) is 10.2 Å². The van der Waals surface area contributed by atoms with Gasteiger partial charge in [0.1, 0.15) is 35.3 Å². The van der Waals surface area contributed by atoms with E-state index in [4.69, 9.17) is 29.5 Å². The van der Waals surface area contributed by atoms with Crippen molar-refractivity contribution in [2.45, 2.75) is 118 Å². The summed E-state index contributed by atoms with van der Waals surface area (Å²) in [5, 5.41) is 47.6. The molecule has 10 aromatic rings. The van der Waals surface area contributed by atoms with E-state index in [9.17, 15) is 28.8 Å². The molecule has 100 heavy (non-hydrogen) atoms. The van der Waals surface area contributed by atoms with Gasteiger partial charge in [-0.25, -0.2) is 29.3 Å². The quantitative estimate of drug-likeness (QED) is 0.0206. The van der Waals surface area contributed by atoms with E-state index in [1.54, 1.807) is 54.6 Å². The van der Waals surface area contributed by atoms with Crippen LogP contribution in [-0.4, -0.2) is 131 Å². The first kappa shape index (κ1) is 72.4. The average Bonchev–Trinajstić information content (AvgIpc) is 1.55. The van der Waals surface area contributed by atoms with Gasteiger partial charge in [-0.1, -0.05) is 115 Å². The first-order valence-corrected chi connectivity index (χ1v) is 34.3. The second kappa shape index (κ2) is 35.4. The van der Waals surface area contributed by atoms with Crippen molar-refractivity contribution >= 4 is 98.2 Å². The summed E-state index contributed by atoms with van der Waals surface area (Å²) in [5.41, 5.74) is 12.9. The minimum atomic E-state index is -1.50. The fraction of sp³-hybridized carbons (Fsp3) is 0.297. The van der Waals surface area contributed by atoms with Gasteiger partial charge >= 0.3 is 7.12 Å². The molecule has 8 heterocycles. The molecule has 516 valence electrons. The highest BCUT2D eigenvalue weighted by Gasteiger charge is 2.26. The summed E-state index contributed by atoms with van der Waals surface area (Å²) in [4.78, 5) is 92.6. The Bertz CT molecular complexity index is 4540. The SMILES string of the molecule is CCc1nc2c(cnn2CC)c(NC2CCOCC2)c1CNC(=O)c1cccc(C(=O)NCc2cccc(-c3cccc(C=O)c3)c2)n1.CCc1nc2c(cnn2CC)c(NC2CCOCC2)c1CNC(=O)c1cccc(C(=O)NCc2cccc(Br)c2)n1.O=Cc1cccc(B(O)O)c1. The van der Waals surface area contributed by atoms with Crippen LogP contribution < -0.4 is 37.4 Å². The number of rotatable bonds is 24. The van der Waals surface area contributed by atoms with Gasteiger partial charge in [0.05, 0.1) is 34.5 Å². The van der Waals surface area contributed by atoms with Gasteiger partial charge in [0.25, 0.3) is 23.6 Å². The second-order valence-corrected chi connectivity index (χ2v) is 24.7. The number of benzene rings is 4. The number of hydrogen-bond acceptors (Lipinski definition) is 18. The summed E-state index contributed by atoms with van der Waals surface area (Å²) in [7, 11) is -1.50. The van der Waals surface area contributed by atoms with E-state index in [1.165, 1.54) is 12.1 Å². The van der Waals surface area contributed by atoms with Crippen molar-refractivity contribution < 1.29 is 48.3 Å². The van der Waals surface area contributed by atoms with Crippen LogP contribution in [0.4, 0.5) is 11.4 Å². The van der Waals surface area contributed by atoms with Gasteiger partial charge in [-0.15, -0.1) is 0 Å². The number of pyridine rings is 4. The number of aryl methyl sites for hydroxylation is 4. The minimum Gasteiger partial charge on any atom is -0.423 e. The smallest absolute Gasteiger partial charge is 0.423 e. The Labute approximate surface area is 587 Å². The summed E-state index contributed by atoms with van der Waals surface area (Å²) in [6, 6.07) is 39.2. The number of halogens is 1. The van der Waals surface area contributed by atoms with Crippen LogP contribution >= 0.6 is 15.9 Å². The van der Waals surface area contributed by atoms with Crippen molar-refractivity contribution in [3.63, 3.8) is 0 Å². The molecule has 2 aliphatic rings. The molecule has 2 saturated heterocycles. The highest BCUT2D eigenvalue weighted by molar-refractivity contribution is 9.10. The molecule has 4 aromatic carbocycles. The van der Waals surface area contributed by atoms with E-state index in [0.717, 1.165) is 115 Å². The van der Waals surface area contributed by atoms with Crippen molar-refractivity contribution in [1.29, 1.82) is 0 Å². The van der Waals surface area contributed by atoms with Crippen LogP contribution in [0.3, 0.4) is 0 Å². The predicted octanol–water partition coefficient (Wildman–Crippen LogP) is 9.14. The van der Waals surface area contributed by atoms with Gasteiger partial charge in [0.2, 0.25) is 0 Å².